The molecule has 0 saturated heterocycles. The second kappa shape index (κ2) is 2.88. The molecule has 0 saturated carbocycles. The van der Waals surface area contributed by atoms with Gasteiger partial charge in [-0.3, -0.25) is 0 Å². The van der Waals surface area contributed by atoms with E-state index < -0.39 is 10.0 Å². The second-order valence-electron chi connectivity index (χ2n) is 2.68. The van der Waals surface area contributed by atoms with Gasteiger partial charge in [0.05, 0.1) is 4.90 Å². The van der Waals surface area contributed by atoms with Crippen LogP contribution in [0.1, 0.15) is 11.1 Å². The highest BCUT2D eigenvalue weighted by atomic mass is 32.2. The predicted octanol–water partition coefficient (Wildman–Crippen LogP) is 0.751. The van der Waals surface area contributed by atoms with E-state index in [1.165, 1.54) is 6.07 Å². The first-order valence-corrected chi connectivity index (χ1v) is 4.98. The standard InChI is InChI=1S/C8H10NO2S/c1-6-3-4-8(7(2)5-6)12(9,10)11/h3-4H,1-2H3,(H2,9,10,11). The van der Waals surface area contributed by atoms with Gasteiger partial charge in [-0.1, -0.05) is 6.07 Å². The number of hydrogen-bond donors (Lipinski definition) is 1. The minimum atomic E-state index is -3.58. The lowest BCUT2D eigenvalue weighted by Gasteiger charge is -2.02. The molecule has 3 nitrogen and oxygen atoms in total. The Kier molecular flexibility index (Phi) is 2.21. The molecule has 0 unspecified atom stereocenters. The molecule has 0 aromatic heterocycles. The quantitative estimate of drug-likeness (QED) is 0.700. The van der Waals surface area contributed by atoms with Gasteiger partial charge in [-0.25, -0.2) is 13.6 Å². The third-order valence-electron chi connectivity index (χ3n) is 1.55. The summed E-state index contributed by atoms with van der Waals surface area (Å²) in [5, 5.41) is 4.96. The molecular formula is C8H10NO2S. The van der Waals surface area contributed by atoms with Crippen molar-refractivity contribution < 1.29 is 8.42 Å². The van der Waals surface area contributed by atoms with Crippen LogP contribution in [0, 0.1) is 19.9 Å². The Hall–Kier alpha value is -0.870. The number of hydrogen-bond acceptors (Lipinski definition) is 2. The highest BCUT2D eigenvalue weighted by molar-refractivity contribution is 7.89. The molecule has 0 atom stereocenters. The molecule has 1 aromatic carbocycles. The van der Waals surface area contributed by atoms with E-state index in [-0.39, 0.29) is 4.90 Å². The molecule has 0 amide bonds. The van der Waals surface area contributed by atoms with Crippen molar-refractivity contribution in [1.29, 1.82) is 0 Å². The first kappa shape index (κ1) is 9.22. The molecule has 1 rings (SSSR count). The van der Waals surface area contributed by atoms with Crippen molar-refractivity contribution >= 4 is 10.0 Å². The van der Waals surface area contributed by atoms with Gasteiger partial charge in [0.2, 0.25) is 10.0 Å². The number of rotatable bonds is 1. The Bertz CT molecular complexity index is 396. The summed E-state index contributed by atoms with van der Waals surface area (Å²) in [6.07, 6.45) is 0. The molecule has 0 spiro atoms. The Morgan fingerprint density at radius 2 is 1.92 bits per heavy atom. The predicted molar refractivity (Wildman–Crippen MR) is 46.1 cm³/mol. The van der Waals surface area contributed by atoms with E-state index in [1.807, 2.05) is 6.92 Å². The van der Waals surface area contributed by atoms with Crippen molar-refractivity contribution in [1.82, 2.24) is 0 Å². The van der Waals surface area contributed by atoms with Gasteiger partial charge in [0.25, 0.3) is 0 Å². The van der Waals surface area contributed by atoms with Crippen molar-refractivity contribution in [2.24, 2.45) is 5.14 Å². The first-order valence-electron chi connectivity index (χ1n) is 3.43. The van der Waals surface area contributed by atoms with Gasteiger partial charge < -0.3 is 0 Å². The van der Waals surface area contributed by atoms with Crippen molar-refractivity contribution in [3.63, 3.8) is 0 Å². The van der Waals surface area contributed by atoms with E-state index in [0.717, 1.165) is 5.56 Å². The summed E-state index contributed by atoms with van der Waals surface area (Å²) in [7, 11) is -3.58. The topological polar surface area (TPSA) is 60.2 Å². The fraction of sp³-hybridized carbons (Fsp3) is 0.250. The van der Waals surface area contributed by atoms with Crippen LogP contribution < -0.4 is 5.14 Å². The molecule has 0 fully saturated rings. The molecule has 12 heavy (non-hydrogen) atoms. The monoisotopic (exact) mass is 184 g/mol. The maximum absolute atomic E-state index is 10.9. The maximum atomic E-state index is 10.9. The molecule has 2 N–H and O–H groups in total. The molecule has 0 bridgehead atoms. The second-order valence-corrected chi connectivity index (χ2v) is 4.21. The molecule has 1 radical (unpaired) electrons. The van der Waals surface area contributed by atoms with Crippen LogP contribution in [-0.4, -0.2) is 8.42 Å². The zero-order valence-corrected chi connectivity index (χ0v) is 7.77. The lowest BCUT2D eigenvalue weighted by molar-refractivity contribution is 0.597. The van der Waals surface area contributed by atoms with Crippen LogP contribution >= 0.6 is 0 Å². The summed E-state index contributed by atoms with van der Waals surface area (Å²) in [5.74, 6) is 0. The van der Waals surface area contributed by atoms with Crippen LogP contribution in [0.5, 0.6) is 0 Å². The van der Waals surface area contributed by atoms with Gasteiger partial charge in [0.1, 0.15) is 0 Å². The van der Waals surface area contributed by atoms with Crippen molar-refractivity contribution in [3.05, 3.63) is 29.3 Å². The molecule has 0 aliphatic rings. The smallest absolute Gasteiger partial charge is 0.225 e. The molecule has 4 heteroatoms. The summed E-state index contributed by atoms with van der Waals surface area (Å²) in [6, 6.07) is 6.06. The normalized spacial score (nSPS) is 11.6. The number of nitrogens with two attached hydrogens (primary N) is 1. The lowest BCUT2D eigenvalue weighted by Crippen LogP contribution is -2.13. The lowest BCUT2D eigenvalue weighted by atomic mass is 10.2. The molecule has 65 valence electrons. The van der Waals surface area contributed by atoms with E-state index in [4.69, 9.17) is 5.14 Å². The Labute approximate surface area is 72.3 Å². The van der Waals surface area contributed by atoms with Gasteiger partial charge >= 0.3 is 0 Å². The summed E-state index contributed by atoms with van der Waals surface area (Å²) in [5.41, 5.74) is 1.47. The highest BCUT2D eigenvalue weighted by Gasteiger charge is 2.10. The Balaban J connectivity index is 3.39. The molecule has 1 aromatic rings. The van der Waals surface area contributed by atoms with Crippen LogP contribution in [0.25, 0.3) is 0 Å². The van der Waals surface area contributed by atoms with Crippen molar-refractivity contribution in [3.8, 4) is 0 Å². The molecular weight excluding hydrogens is 174 g/mol. The number of aryl methyl sites for hydroxylation is 2. The average molecular weight is 184 g/mol. The number of primary sulfonamides is 1. The van der Waals surface area contributed by atoms with E-state index in [2.05, 4.69) is 6.07 Å². The van der Waals surface area contributed by atoms with Crippen LogP contribution in [0.4, 0.5) is 0 Å². The Morgan fingerprint density at radius 1 is 1.33 bits per heavy atom. The number of sulfonamides is 1. The van der Waals surface area contributed by atoms with Gasteiger partial charge in [0, 0.05) is 0 Å². The van der Waals surface area contributed by atoms with Crippen LogP contribution in [0.15, 0.2) is 17.0 Å². The minimum Gasteiger partial charge on any atom is -0.225 e. The van der Waals surface area contributed by atoms with Crippen LogP contribution in [0.3, 0.4) is 0 Å². The zero-order chi connectivity index (χ0) is 9.35. The highest BCUT2D eigenvalue weighted by Crippen LogP contribution is 2.13. The van der Waals surface area contributed by atoms with Crippen molar-refractivity contribution in [2.75, 3.05) is 0 Å². The minimum absolute atomic E-state index is 0.146. The van der Waals surface area contributed by atoms with E-state index in [1.54, 1.807) is 13.0 Å². The summed E-state index contributed by atoms with van der Waals surface area (Å²) >= 11 is 0. The van der Waals surface area contributed by atoms with Gasteiger partial charge in [-0.2, -0.15) is 0 Å². The fourth-order valence-electron chi connectivity index (χ4n) is 1.03. The third kappa shape index (κ3) is 1.84. The fourth-order valence-corrected chi connectivity index (χ4v) is 1.77. The van der Waals surface area contributed by atoms with E-state index >= 15 is 0 Å². The summed E-state index contributed by atoms with van der Waals surface area (Å²) in [6.45, 7) is 3.52. The van der Waals surface area contributed by atoms with Gasteiger partial charge in [-0.05, 0) is 37.1 Å². The van der Waals surface area contributed by atoms with Gasteiger partial charge in [-0.15, -0.1) is 0 Å². The maximum Gasteiger partial charge on any atom is 0.238 e. The number of benzene rings is 1. The zero-order valence-electron chi connectivity index (χ0n) is 6.96. The molecule has 0 aliphatic heterocycles. The van der Waals surface area contributed by atoms with Crippen molar-refractivity contribution in [2.45, 2.75) is 18.7 Å². The summed E-state index contributed by atoms with van der Waals surface area (Å²) < 4.78 is 21.8. The molecule has 0 aliphatic carbocycles. The Morgan fingerprint density at radius 3 is 2.33 bits per heavy atom. The van der Waals surface area contributed by atoms with E-state index in [0.29, 0.717) is 5.56 Å². The van der Waals surface area contributed by atoms with E-state index in [9.17, 15) is 8.42 Å². The first-order chi connectivity index (χ1) is 5.41. The molecule has 0 heterocycles. The summed E-state index contributed by atoms with van der Waals surface area (Å²) in [4.78, 5) is 0.146. The SMILES string of the molecule is Cc1[c]c(C)c(S(N)(=O)=O)cc1. The van der Waals surface area contributed by atoms with Crippen LogP contribution in [0.2, 0.25) is 0 Å². The average Bonchev–Trinajstić information content (AvgIpc) is 1.83. The van der Waals surface area contributed by atoms with Crippen LogP contribution in [-0.2, 0) is 10.0 Å². The third-order valence-corrected chi connectivity index (χ3v) is 2.60. The largest absolute Gasteiger partial charge is 0.238 e. The van der Waals surface area contributed by atoms with Gasteiger partial charge in [0.15, 0.2) is 0 Å².